The van der Waals surface area contributed by atoms with Crippen molar-refractivity contribution < 1.29 is 9.90 Å². The second-order valence-electron chi connectivity index (χ2n) is 3.29. The van der Waals surface area contributed by atoms with Crippen LogP contribution in [0.3, 0.4) is 0 Å². The van der Waals surface area contributed by atoms with Gasteiger partial charge >= 0.3 is 5.97 Å². The van der Waals surface area contributed by atoms with Crippen molar-refractivity contribution in [1.82, 2.24) is 5.32 Å². The molecule has 0 bridgehead atoms. The van der Waals surface area contributed by atoms with Crippen LogP contribution in [0.4, 0.5) is 0 Å². The standard InChI is InChI=1S/C9H11NO2S/c11-9(12)8-3-7(4-10-8)6-1-2-13-5-6/h1-2,5,7-8,10H,3-4H2,(H,11,12)/t7-,8-/m0/s1. The highest BCUT2D eigenvalue weighted by molar-refractivity contribution is 7.07. The average molecular weight is 197 g/mol. The number of carboxylic acids is 1. The highest BCUT2D eigenvalue weighted by Crippen LogP contribution is 2.27. The highest BCUT2D eigenvalue weighted by atomic mass is 32.1. The molecule has 0 aliphatic carbocycles. The molecule has 0 amide bonds. The van der Waals surface area contributed by atoms with Crippen LogP contribution in [0.1, 0.15) is 17.9 Å². The molecule has 2 rings (SSSR count). The zero-order chi connectivity index (χ0) is 9.26. The number of carbonyl (C=O) groups is 1. The Hall–Kier alpha value is -0.870. The van der Waals surface area contributed by atoms with Gasteiger partial charge in [0.1, 0.15) is 6.04 Å². The summed E-state index contributed by atoms with van der Waals surface area (Å²) in [5.74, 6) is -0.356. The van der Waals surface area contributed by atoms with Crippen molar-refractivity contribution in [2.45, 2.75) is 18.4 Å². The van der Waals surface area contributed by atoms with E-state index in [1.807, 2.05) is 5.38 Å². The first-order valence-electron chi connectivity index (χ1n) is 4.25. The van der Waals surface area contributed by atoms with E-state index in [2.05, 4.69) is 16.8 Å². The average Bonchev–Trinajstić information content (AvgIpc) is 2.75. The van der Waals surface area contributed by atoms with Crippen molar-refractivity contribution in [3.05, 3.63) is 22.4 Å². The topological polar surface area (TPSA) is 49.3 Å². The second-order valence-corrected chi connectivity index (χ2v) is 4.07. The Balaban J connectivity index is 2.03. The summed E-state index contributed by atoms with van der Waals surface area (Å²) in [6, 6.07) is 1.71. The third kappa shape index (κ3) is 1.73. The zero-order valence-electron chi connectivity index (χ0n) is 7.06. The molecule has 0 unspecified atom stereocenters. The molecule has 1 fully saturated rings. The minimum atomic E-state index is -0.738. The third-order valence-corrected chi connectivity index (χ3v) is 3.15. The molecule has 1 aromatic heterocycles. The lowest BCUT2D eigenvalue weighted by molar-refractivity contribution is -0.139. The molecule has 1 aliphatic heterocycles. The summed E-state index contributed by atoms with van der Waals surface area (Å²) in [6.45, 7) is 0.785. The lowest BCUT2D eigenvalue weighted by Crippen LogP contribution is -2.29. The molecule has 0 radical (unpaired) electrons. The van der Waals surface area contributed by atoms with E-state index in [4.69, 9.17) is 5.11 Å². The first-order chi connectivity index (χ1) is 6.27. The van der Waals surface area contributed by atoms with E-state index >= 15 is 0 Å². The number of thiophene rings is 1. The molecular formula is C9H11NO2S. The van der Waals surface area contributed by atoms with Gasteiger partial charge in [0, 0.05) is 6.54 Å². The molecule has 0 spiro atoms. The van der Waals surface area contributed by atoms with Gasteiger partial charge in [0.2, 0.25) is 0 Å². The molecule has 1 saturated heterocycles. The lowest BCUT2D eigenvalue weighted by atomic mass is 9.99. The normalized spacial score (nSPS) is 27.7. The van der Waals surface area contributed by atoms with Crippen LogP contribution < -0.4 is 5.32 Å². The maximum Gasteiger partial charge on any atom is 0.320 e. The molecule has 0 saturated carbocycles. The largest absolute Gasteiger partial charge is 0.480 e. The van der Waals surface area contributed by atoms with Crippen LogP contribution in [0.25, 0.3) is 0 Å². The summed E-state index contributed by atoms with van der Waals surface area (Å²) >= 11 is 1.66. The molecule has 1 aromatic rings. The Morgan fingerprint density at radius 1 is 1.69 bits per heavy atom. The Bertz CT molecular complexity index is 297. The fourth-order valence-electron chi connectivity index (χ4n) is 1.69. The van der Waals surface area contributed by atoms with Gasteiger partial charge in [-0.1, -0.05) is 0 Å². The van der Waals surface area contributed by atoms with Crippen LogP contribution in [0.15, 0.2) is 16.8 Å². The van der Waals surface area contributed by atoms with E-state index in [0.29, 0.717) is 12.3 Å². The number of rotatable bonds is 2. The summed E-state index contributed by atoms with van der Waals surface area (Å²) < 4.78 is 0. The maximum atomic E-state index is 10.7. The van der Waals surface area contributed by atoms with Crippen molar-refractivity contribution in [3.63, 3.8) is 0 Å². The van der Waals surface area contributed by atoms with Crippen LogP contribution in [0.2, 0.25) is 0 Å². The van der Waals surface area contributed by atoms with E-state index in [1.165, 1.54) is 5.56 Å². The molecule has 4 heteroatoms. The summed E-state index contributed by atoms with van der Waals surface area (Å²) in [5.41, 5.74) is 1.27. The van der Waals surface area contributed by atoms with Crippen molar-refractivity contribution in [1.29, 1.82) is 0 Å². The van der Waals surface area contributed by atoms with Crippen LogP contribution in [0, 0.1) is 0 Å². The van der Waals surface area contributed by atoms with Crippen molar-refractivity contribution in [2.24, 2.45) is 0 Å². The summed E-state index contributed by atoms with van der Waals surface area (Å²) in [6.07, 6.45) is 0.714. The van der Waals surface area contributed by atoms with Crippen molar-refractivity contribution in [2.75, 3.05) is 6.54 Å². The SMILES string of the molecule is O=C(O)[C@@H]1C[C@H](c2ccsc2)CN1. The minimum absolute atomic E-state index is 0.357. The van der Waals surface area contributed by atoms with Gasteiger partial charge in [-0.3, -0.25) is 4.79 Å². The van der Waals surface area contributed by atoms with E-state index in [9.17, 15) is 4.79 Å². The Morgan fingerprint density at radius 2 is 2.54 bits per heavy atom. The number of hydrogen-bond acceptors (Lipinski definition) is 3. The van der Waals surface area contributed by atoms with Gasteiger partial charge in [-0.15, -0.1) is 0 Å². The van der Waals surface area contributed by atoms with Crippen LogP contribution in [-0.2, 0) is 4.79 Å². The van der Waals surface area contributed by atoms with Crippen LogP contribution in [-0.4, -0.2) is 23.7 Å². The number of aliphatic carboxylic acids is 1. The minimum Gasteiger partial charge on any atom is -0.480 e. The van der Waals surface area contributed by atoms with Crippen LogP contribution in [0.5, 0.6) is 0 Å². The van der Waals surface area contributed by atoms with E-state index in [0.717, 1.165) is 6.54 Å². The molecule has 3 nitrogen and oxygen atoms in total. The van der Waals surface area contributed by atoms with Gasteiger partial charge in [-0.25, -0.2) is 0 Å². The molecule has 2 N–H and O–H groups in total. The van der Waals surface area contributed by atoms with E-state index < -0.39 is 5.97 Å². The summed E-state index contributed by atoms with van der Waals surface area (Å²) in [7, 11) is 0. The number of carboxylic acid groups (broad SMARTS) is 1. The molecule has 0 aromatic carbocycles. The fourth-order valence-corrected chi connectivity index (χ4v) is 2.43. The predicted octanol–water partition coefficient (Wildman–Crippen LogP) is 1.28. The Kier molecular flexibility index (Phi) is 2.33. The van der Waals surface area contributed by atoms with Gasteiger partial charge in [0.25, 0.3) is 0 Å². The first-order valence-corrected chi connectivity index (χ1v) is 5.20. The molecule has 2 heterocycles. The van der Waals surface area contributed by atoms with Gasteiger partial charge < -0.3 is 10.4 Å². The zero-order valence-corrected chi connectivity index (χ0v) is 7.88. The second kappa shape index (κ2) is 3.47. The first kappa shape index (κ1) is 8.72. The number of nitrogens with one attached hydrogen (secondary N) is 1. The Labute approximate surface area is 80.4 Å². The molecule has 2 atom stereocenters. The molecule has 70 valence electrons. The number of hydrogen-bond donors (Lipinski definition) is 2. The molecule has 13 heavy (non-hydrogen) atoms. The summed E-state index contributed by atoms with van der Waals surface area (Å²) in [5, 5.41) is 15.9. The van der Waals surface area contributed by atoms with Crippen LogP contribution >= 0.6 is 11.3 Å². The highest BCUT2D eigenvalue weighted by Gasteiger charge is 2.29. The quantitative estimate of drug-likeness (QED) is 0.750. The lowest BCUT2D eigenvalue weighted by Gasteiger charge is -2.04. The monoisotopic (exact) mass is 197 g/mol. The molecular weight excluding hydrogens is 186 g/mol. The van der Waals surface area contributed by atoms with Crippen molar-refractivity contribution >= 4 is 17.3 Å². The Morgan fingerprint density at radius 3 is 3.08 bits per heavy atom. The van der Waals surface area contributed by atoms with E-state index in [1.54, 1.807) is 11.3 Å². The predicted molar refractivity (Wildman–Crippen MR) is 51.1 cm³/mol. The third-order valence-electron chi connectivity index (χ3n) is 2.44. The smallest absolute Gasteiger partial charge is 0.320 e. The maximum absolute atomic E-state index is 10.7. The van der Waals surface area contributed by atoms with Gasteiger partial charge in [0.15, 0.2) is 0 Å². The van der Waals surface area contributed by atoms with Gasteiger partial charge in [-0.05, 0) is 34.7 Å². The summed E-state index contributed by atoms with van der Waals surface area (Å²) in [4.78, 5) is 10.7. The molecule has 1 aliphatic rings. The van der Waals surface area contributed by atoms with Gasteiger partial charge in [0.05, 0.1) is 0 Å². The van der Waals surface area contributed by atoms with Gasteiger partial charge in [-0.2, -0.15) is 11.3 Å². The van der Waals surface area contributed by atoms with E-state index in [-0.39, 0.29) is 6.04 Å². The fraction of sp³-hybridized carbons (Fsp3) is 0.444. The van der Waals surface area contributed by atoms with Crippen molar-refractivity contribution in [3.8, 4) is 0 Å².